The number of carbonyl (C=O) groups excluding carboxylic acids is 1. The maximum Gasteiger partial charge on any atom is 0.243 e. The standard InChI is InChI=1S/C16H15Cl2N3O3S/c17-11-5-7-12(8-6-11)25(23,24)21-10-2-4-14(21)16(22)20-13-3-1-9-19-15(13)18/h1,3,5-9,14H,2,4,10H2,(H,20,22)/t14-/m1/s1. The molecule has 1 aromatic heterocycles. The summed E-state index contributed by atoms with van der Waals surface area (Å²) < 4.78 is 26.9. The first kappa shape index (κ1) is 18.1. The van der Waals surface area contributed by atoms with Gasteiger partial charge in [-0.15, -0.1) is 0 Å². The molecule has 0 saturated carbocycles. The predicted molar refractivity (Wildman–Crippen MR) is 96.2 cm³/mol. The molecule has 3 rings (SSSR count). The number of hydrogen-bond donors (Lipinski definition) is 1. The van der Waals surface area contributed by atoms with Crippen LogP contribution in [0.5, 0.6) is 0 Å². The van der Waals surface area contributed by atoms with Gasteiger partial charge in [-0.25, -0.2) is 13.4 Å². The fourth-order valence-corrected chi connectivity index (χ4v) is 4.68. The van der Waals surface area contributed by atoms with E-state index in [9.17, 15) is 13.2 Å². The number of nitrogens with one attached hydrogen (secondary N) is 1. The molecule has 132 valence electrons. The summed E-state index contributed by atoms with van der Waals surface area (Å²) in [4.78, 5) is 16.6. The van der Waals surface area contributed by atoms with Crippen molar-refractivity contribution in [1.82, 2.24) is 9.29 Å². The van der Waals surface area contributed by atoms with Crippen LogP contribution in [-0.2, 0) is 14.8 Å². The molecule has 2 aromatic rings. The van der Waals surface area contributed by atoms with Crippen molar-refractivity contribution in [3.05, 3.63) is 52.8 Å². The van der Waals surface area contributed by atoms with Crippen molar-refractivity contribution in [2.75, 3.05) is 11.9 Å². The Morgan fingerprint density at radius 1 is 1.20 bits per heavy atom. The second kappa shape index (κ2) is 7.29. The first-order valence-corrected chi connectivity index (χ1v) is 9.78. The third kappa shape index (κ3) is 3.79. The SMILES string of the molecule is O=C(Nc1cccnc1Cl)[C@H]1CCCN1S(=O)(=O)c1ccc(Cl)cc1. The highest BCUT2D eigenvalue weighted by Gasteiger charge is 2.39. The predicted octanol–water partition coefficient (Wildman–Crippen LogP) is 3.18. The number of anilines is 1. The largest absolute Gasteiger partial charge is 0.322 e. The Hall–Kier alpha value is -1.67. The second-order valence-corrected chi connectivity index (χ2v) is 8.24. The molecule has 1 aliphatic rings. The number of pyridine rings is 1. The Morgan fingerprint density at radius 2 is 1.92 bits per heavy atom. The van der Waals surface area contributed by atoms with Gasteiger partial charge in [0.2, 0.25) is 15.9 Å². The Labute approximate surface area is 155 Å². The molecule has 1 fully saturated rings. The van der Waals surface area contributed by atoms with Gasteiger partial charge in [-0.1, -0.05) is 23.2 Å². The average molecular weight is 400 g/mol. The highest BCUT2D eigenvalue weighted by atomic mass is 35.5. The van der Waals surface area contributed by atoms with E-state index in [1.54, 1.807) is 12.1 Å². The molecule has 0 unspecified atom stereocenters. The lowest BCUT2D eigenvalue weighted by molar-refractivity contribution is -0.119. The fourth-order valence-electron chi connectivity index (χ4n) is 2.73. The minimum Gasteiger partial charge on any atom is -0.322 e. The summed E-state index contributed by atoms with van der Waals surface area (Å²) in [6, 6.07) is 8.34. The molecule has 1 aromatic carbocycles. The third-order valence-corrected chi connectivity index (χ3v) is 6.42. The molecule has 0 radical (unpaired) electrons. The molecule has 1 atom stereocenters. The van der Waals surface area contributed by atoms with Crippen LogP contribution in [0.15, 0.2) is 47.5 Å². The van der Waals surface area contributed by atoms with E-state index in [-0.39, 0.29) is 16.6 Å². The highest BCUT2D eigenvalue weighted by molar-refractivity contribution is 7.89. The van der Waals surface area contributed by atoms with Crippen molar-refractivity contribution in [2.24, 2.45) is 0 Å². The van der Waals surface area contributed by atoms with Crippen LogP contribution >= 0.6 is 23.2 Å². The van der Waals surface area contributed by atoms with E-state index in [1.165, 1.54) is 34.8 Å². The van der Waals surface area contributed by atoms with Crippen LogP contribution in [0, 0.1) is 0 Å². The van der Waals surface area contributed by atoms with Gasteiger partial charge in [-0.05, 0) is 49.2 Å². The van der Waals surface area contributed by atoms with Crippen molar-refractivity contribution in [1.29, 1.82) is 0 Å². The molecular weight excluding hydrogens is 385 g/mol. The maximum atomic E-state index is 12.8. The van der Waals surface area contributed by atoms with Gasteiger partial charge in [0.1, 0.15) is 6.04 Å². The van der Waals surface area contributed by atoms with Crippen LogP contribution < -0.4 is 5.32 Å². The number of halogens is 2. The Morgan fingerprint density at radius 3 is 2.60 bits per heavy atom. The molecule has 0 spiro atoms. The van der Waals surface area contributed by atoms with Gasteiger partial charge in [0.15, 0.2) is 5.15 Å². The lowest BCUT2D eigenvalue weighted by Gasteiger charge is -2.23. The van der Waals surface area contributed by atoms with Crippen LogP contribution in [0.4, 0.5) is 5.69 Å². The van der Waals surface area contributed by atoms with Crippen LogP contribution in [0.25, 0.3) is 0 Å². The molecule has 1 saturated heterocycles. The number of benzene rings is 1. The monoisotopic (exact) mass is 399 g/mol. The maximum absolute atomic E-state index is 12.8. The zero-order chi connectivity index (χ0) is 18.0. The van der Waals surface area contributed by atoms with Crippen molar-refractivity contribution < 1.29 is 13.2 Å². The Kier molecular flexibility index (Phi) is 5.29. The number of carbonyl (C=O) groups is 1. The molecule has 25 heavy (non-hydrogen) atoms. The summed E-state index contributed by atoms with van der Waals surface area (Å²) in [5.74, 6) is -0.426. The third-order valence-electron chi connectivity index (χ3n) is 3.94. The minimum absolute atomic E-state index is 0.107. The lowest BCUT2D eigenvalue weighted by Crippen LogP contribution is -2.43. The highest BCUT2D eigenvalue weighted by Crippen LogP contribution is 2.28. The summed E-state index contributed by atoms with van der Waals surface area (Å²) in [7, 11) is -3.79. The quantitative estimate of drug-likeness (QED) is 0.800. The average Bonchev–Trinajstić information content (AvgIpc) is 3.08. The number of hydrogen-bond acceptors (Lipinski definition) is 4. The minimum atomic E-state index is -3.79. The van der Waals surface area contributed by atoms with Gasteiger partial charge in [-0.3, -0.25) is 4.79 Å². The summed E-state index contributed by atoms with van der Waals surface area (Å²) in [5.41, 5.74) is 0.352. The molecule has 9 heteroatoms. The van der Waals surface area contributed by atoms with Crippen molar-refractivity contribution >= 4 is 44.8 Å². The van der Waals surface area contributed by atoms with Gasteiger partial charge in [0, 0.05) is 17.8 Å². The molecule has 0 bridgehead atoms. The van der Waals surface area contributed by atoms with Gasteiger partial charge in [0.05, 0.1) is 10.6 Å². The smallest absolute Gasteiger partial charge is 0.243 e. The lowest BCUT2D eigenvalue weighted by atomic mass is 10.2. The topological polar surface area (TPSA) is 79.4 Å². The Balaban J connectivity index is 1.83. The molecule has 1 N–H and O–H groups in total. The number of nitrogens with zero attached hydrogens (tertiary/aromatic N) is 2. The van der Waals surface area contributed by atoms with Gasteiger partial charge >= 0.3 is 0 Å². The number of rotatable bonds is 4. The molecular formula is C16H15Cl2N3O3S. The van der Waals surface area contributed by atoms with E-state index in [2.05, 4.69) is 10.3 Å². The van der Waals surface area contributed by atoms with Crippen molar-refractivity contribution in [3.63, 3.8) is 0 Å². The first-order valence-electron chi connectivity index (χ1n) is 7.58. The van der Waals surface area contributed by atoms with Crippen molar-refractivity contribution in [2.45, 2.75) is 23.8 Å². The molecule has 2 heterocycles. The van der Waals surface area contributed by atoms with Gasteiger partial charge in [-0.2, -0.15) is 4.31 Å². The van der Waals surface area contributed by atoms with E-state index < -0.39 is 22.0 Å². The normalized spacial score (nSPS) is 18.2. The number of amides is 1. The summed E-state index contributed by atoms with van der Waals surface area (Å²) in [6.45, 7) is 0.282. The van der Waals surface area contributed by atoms with E-state index >= 15 is 0 Å². The number of aromatic nitrogens is 1. The van der Waals surface area contributed by atoms with Gasteiger partial charge < -0.3 is 5.32 Å². The zero-order valence-corrected chi connectivity index (χ0v) is 15.4. The second-order valence-electron chi connectivity index (χ2n) is 5.56. The first-order chi connectivity index (χ1) is 11.9. The van der Waals surface area contributed by atoms with Crippen LogP contribution in [-0.4, -0.2) is 36.2 Å². The summed E-state index contributed by atoms with van der Waals surface area (Å²) in [5, 5.41) is 3.25. The summed E-state index contributed by atoms with van der Waals surface area (Å²) >= 11 is 11.8. The van der Waals surface area contributed by atoms with Crippen molar-refractivity contribution in [3.8, 4) is 0 Å². The van der Waals surface area contributed by atoms with E-state index in [0.29, 0.717) is 23.6 Å². The van der Waals surface area contributed by atoms with E-state index in [0.717, 1.165) is 0 Å². The fraction of sp³-hybridized carbons (Fsp3) is 0.250. The van der Waals surface area contributed by atoms with Gasteiger partial charge in [0.25, 0.3) is 0 Å². The number of sulfonamides is 1. The molecule has 6 nitrogen and oxygen atoms in total. The van der Waals surface area contributed by atoms with E-state index in [1.807, 2.05) is 0 Å². The molecule has 1 aliphatic heterocycles. The van der Waals surface area contributed by atoms with E-state index in [4.69, 9.17) is 23.2 Å². The zero-order valence-electron chi connectivity index (χ0n) is 13.0. The molecule has 0 aliphatic carbocycles. The Bertz CT molecular complexity index is 888. The van der Waals surface area contributed by atoms with Crippen LogP contribution in [0.1, 0.15) is 12.8 Å². The van der Waals surface area contributed by atoms with Crippen LogP contribution in [0.2, 0.25) is 10.2 Å². The molecule has 1 amide bonds. The summed E-state index contributed by atoms with van der Waals surface area (Å²) in [6.07, 6.45) is 2.55. The van der Waals surface area contributed by atoms with Crippen LogP contribution in [0.3, 0.4) is 0 Å².